The summed E-state index contributed by atoms with van der Waals surface area (Å²) in [5.74, 6) is 0. The molecule has 1 unspecified atom stereocenters. The zero-order valence-corrected chi connectivity index (χ0v) is 10.1. The van der Waals surface area contributed by atoms with Gasteiger partial charge in [-0.15, -0.1) is 0 Å². The van der Waals surface area contributed by atoms with E-state index >= 15 is 0 Å². The van der Waals surface area contributed by atoms with Gasteiger partial charge < -0.3 is 4.74 Å². The molecule has 3 rings (SSSR count). The first kappa shape index (κ1) is 11.1. The van der Waals surface area contributed by atoms with E-state index in [0.717, 1.165) is 31.7 Å². The lowest BCUT2D eigenvalue weighted by Crippen LogP contribution is -2.39. The van der Waals surface area contributed by atoms with E-state index < -0.39 is 0 Å². The summed E-state index contributed by atoms with van der Waals surface area (Å²) in [6.45, 7) is 3.02. The van der Waals surface area contributed by atoms with Gasteiger partial charge in [-0.25, -0.2) is 0 Å². The van der Waals surface area contributed by atoms with Gasteiger partial charge in [-0.05, 0) is 32.2 Å². The highest BCUT2D eigenvalue weighted by atomic mass is 16.5. The Kier molecular flexibility index (Phi) is 3.34. The van der Waals surface area contributed by atoms with Crippen molar-refractivity contribution in [3.05, 3.63) is 24.3 Å². The molecule has 3 heterocycles. The predicted octanol–water partition coefficient (Wildman–Crippen LogP) is 1.79. The summed E-state index contributed by atoms with van der Waals surface area (Å²) in [4.78, 5) is 11.3. The van der Waals surface area contributed by atoms with Crippen molar-refractivity contribution in [3.63, 3.8) is 0 Å². The van der Waals surface area contributed by atoms with Crippen molar-refractivity contribution in [2.24, 2.45) is 0 Å². The summed E-state index contributed by atoms with van der Waals surface area (Å²) in [5, 5.41) is 0. The second kappa shape index (κ2) is 5.10. The predicted molar refractivity (Wildman–Crippen MR) is 64.6 cm³/mol. The van der Waals surface area contributed by atoms with Gasteiger partial charge in [0.05, 0.1) is 11.7 Å². The van der Waals surface area contributed by atoms with E-state index in [4.69, 9.17) is 4.74 Å². The Morgan fingerprint density at radius 3 is 2.82 bits per heavy atom. The van der Waals surface area contributed by atoms with Gasteiger partial charge in [0, 0.05) is 37.8 Å². The summed E-state index contributed by atoms with van der Waals surface area (Å²) in [6, 6.07) is 1.16. The van der Waals surface area contributed by atoms with Crippen LogP contribution in [0.4, 0.5) is 0 Å². The molecule has 0 amide bonds. The third-order valence-corrected chi connectivity index (χ3v) is 3.88. The van der Waals surface area contributed by atoms with Crippen LogP contribution in [0.3, 0.4) is 0 Å². The van der Waals surface area contributed by atoms with E-state index in [1.807, 2.05) is 6.20 Å². The highest BCUT2D eigenvalue weighted by Gasteiger charge is 2.33. The fourth-order valence-electron chi connectivity index (χ4n) is 3.04. The van der Waals surface area contributed by atoms with Crippen molar-refractivity contribution in [1.29, 1.82) is 0 Å². The van der Waals surface area contributed by atoms with E-state index in [9.17, 15) is 0 Å². The smallest absolute Gasteiger partial charge is 0.0758 e. The molecule has 0 N–H and O–H groups in total. The van der Waals surface area contributed by atoms with Gasteiger partial charge in [0.25, 0.3) is 0 Å². The molecule has 0 radical (unpaired) electrons. The molecule has 0 bridgehead atoms. The molecule has 2 fully saturated rings. The van der Waals surface area contributed by atoms with Crippen molar-refractivity contribution >= 4 is 0 Å². The number of aromatic nitrogens is 2. The van der Waals surface area contributed by atoms with E-state index in [1.165, 1.54) is 19.4 Å². The van der Waals surface area contributed by atoms with E-state index in [-0.39, 0.29) is 0 Å². The number of hydrogen-bond donors (Lipinski definition) is 0. The van der Waals surface area contributed by atoms with Gasteiger partial charge in [-0.3, -0.25) is 14.9 Å². The molecule has 0 spiro atoms. The van der Waals surface area contributed by atoms with Crippen molar-refractivity contribution < 1.29 is 4.74 Å². The quantitative estimate of drug-likeness (QED) is 0.780. The minimum absolute atomic E-state index is 0.479. The standard InChI is InChI=1S/C13H19N3O/c1-2-13(12-10-14-5-6-15-12)16(7-1)11-3-8-17-9-4-11/h5-6,10-11,13H,1-4,7-9H2. The molecular weight excluding hydrogens is 214 g/mol. The highest BCUT2D eigenvalue weighted by molar-refractivity contribution is 5.06. The van der Waals surface area contributed by atoms with Crippen LogP contribution in [-0.2, 0) is 4.74 Å². The zero-order valence-electron chi connectivity index (χ0n) is 10.1. The molecule has 0 aromatic carbocycles. The molecule has 4 nitrogen and oxygen atoms in total. The van der Waals surface area contributed by atoms with Crippen molar-refractivity contribution in [2.45, 2.75) is 37.8 Å². The van der Waals surface area contributed by atoms with Crippen LogP contribution in [0, 0.1) is 0 Å². The van der Waals surface area contributed by atoms with Crippen molar-refractivity contribution in [1.82, 2.24) is 14.9 Å². The molecule has 0 saturated carbocycles. The minimum atomic E-state index is 0.479. The number of rotatable bonds is 2. The Balaban J connectivity index is 1.75. The topological polar surface area (TPSA) is 38.2 Å². The van der Waals surface area contributed by atoms with Crippen LogP contribution >= 0.6 is 0 Å². The minimum Gasteiger partial charge on any atom is -0.381 e. The van der Waals surface area contributed by atoms with Crippen LogP contribution in [0.1, 0.15) is 37.4 Å². The van der Waals surface area contributed by atoms with Gasteiger partial charge in [-0.2, -0.15) is 0 Å². The van der Waals surface area contributed by atoms with E-state index in [1.54, 1.807) is 12.4 Å². The Hall–Kier alpha value is -1.00. The summed E-state index contributed by atoms with van der Waals surface area (Å²) in [7, 11) is 0. The lowest BCUT2D eigenvalue weighted by Gasteiger charge is -2.35. The van der Waals surface area contributed by atoms with Crippen LogP contribution in [0.2, 0.25) is 0 Å². The molecule has 4 heteroatoms. The molecule has 2 aliphatic rings. The van der Waals surface area contributed by atoms with Crippen molar-refractivity contribution in [3.8, 4) is 0 Å². The molecule has 2 aliphatic heterocycles. The third-order valence-electron chi connectivity index (χ3n) is 3.88. The van der Waals surface area contributed by atoms with E-state index in [0.29, 0.717) is 12.1 Å². The SMILES string of the molecule is c1cnc(C2CCCN2C2CCOCC2)cn1. The van der Waals surface area contributed by atoms with Crippen LogP contribution in [0.15, 0.2) is 18.6 Å². The Morgan fingerprint density at radius 2 is 2.06 bits per heavy atom. The first-order chi connectivity index (χ1) is 8.45. The normalized spacial score (nSPS) is 27.4. The van der Waals surface area contributed by atoms with Crippen molar-refractivity contribution in [2.75, 3.05) is 19.8 Å². The van der Waals surface area contributed by atoms with Gasteiger partial charge in [-0.1, -0.05) is 0 Å². The molecule has 2 saturated heterocycles. The molecule has 1 atom stereocenters. The van der Waals surface area contributed by atoms with Crippen LogP contribution < -0.4 is 0 Å². The van der Waals surface area contributed by atoms with Gasteiger partial charge in [0.2, 0.25) is 0 Å². The maximum atomic E-state index is 5.45. The fraction of sp³-hybridized carbons (Fsp3) is 0.692. The second-order valence-corrected chi connectivity index (χ2v) is 4.87. The largest absolute Gasteiger partial charge is 0.381 e. The lowest BCUT2D eigenvalue weighted by molar-refractivity contribution is 0.0284. The number of likely N-dealkylation sites (tertiary alicyclic amines) is 1. The number of ether oxygens (including phenoxy) is 1. The van der Waals surface area contributed by atoms with Crippen LogP contribution in [0.5, 0.6) is 0 Å². The van der Waals surface area contributed by atoms with Gasteiger partial charge in [0.15, 0.2) is 0 Å². The molecule has 1 aromatic rings. The first-order valence-corrected chi connectivity index (χ1v) is 6.54. The zero-order chi connectivity index (χ0) is 11.5. The van der Waals surface area contributed by atoms with Gasteiger partial charge >= 0.3 is 0 Å². The molecule has 0 aliphatic carbocycles. The molecule has 17 heavy (non-hydrogen) atoms. The molecule has 92 valence electrons. The lowest BCUT2D eigenvalue weighted by atomic mass is 10.0. The summed E-state index contributed by atoms with van der Waals surface area (Å²) in [5.41, 5.74) is 1.14. The average molecular weight is 233 g/mol. The highest BCUT2D eigenvalue weighted by Crippen LogP contribution is 2.34. The van der Waals surface area contributed by atoms with Crippen LogP contribution in [-0.4, -0.2) is 40.7 Å². The number of hydrogen-bond acceptors (Lipinski definition) is 4. The van der Waals surface area contributed by atoms with Crippen LogP contribution in [0.25, 0.3) is 0 Å². The maximum Gasteiger partial charge on any atom is 0.0758 e. The fourth-order valence-corrected chi connectivity index (χ4v) is 3.04. The average Bonchev–Trinajstić information content (AvgIpc) is 2.90. The molecular formula is C13H19N3O. The Labute approximate surface area is 102 Å². The van der Waals surface area contributed by atoms with E-state index in [2.05, 4.69) is 14.9 Å². The van der Waals surface area contributed by atoms with Gasteiger partial charge in [0.1, 0.15) is 0 Å². The molecule has 1 aromatic heterocycles. The monoisotopic (exact) mass is 233 g/mol. The Bertz CT molecular complexity index is 351. The first-order valence-electron chi connectivity index (χ1n) is 6.54. The summed E-state index contributed by atoms with van der Waals surface area (Å²) < 4.78 is 5.45. The maximum absolute atomic E-state index is 5.45. The second-order valence-electron chi connectivity index (χ2n) is 4.87. The Morgan fingerprint density at radius 1 is 1.18 bits per heavy atom. The summed E-state index contributed by atoms with van der Waals surface area (Å²) >= 11 is 0. The number of nitrogens with zero attached hydrogens (tertiary/aromatic N) is 3. The third kappa shape index (κ3) is 2.33. The summed E-state index contributed by atoms with van der Waals surface area (Å²) in [6.07, 6.45) is 10.3.